The third-order valence-corrected chi connectivity index (χ3v) is 5.05. The van der Waals surface area contributed by atoms with Crippen LogP contribution in [0, 0.1) is 6.92 Å². The molecule has 4 aromatic rings. The molecule has 8 heteroatoms. The number of hydrogen-bond acceptors (Lipinski definition) is 6. The highest BCUT2D eigenvalue weighted by Crippen LogP contribution is 2.26. The molecule has 3 aromatic heterocycles. The zero-order valence-electron chi connectivity index (χ0n) is 15.0. The Morgan fingerprint density at radius 1 is 1.30 bits per heavy atom. The van der Waals surface area contributed by atoms with Gasteiger partial charge in [-0.3, -0.25) is 9.20 Å². The maximum atomic E-state index is 12.6. The second kappa shape index (κ2) is 7.24. The number of carbonyl (C=O) groups is 1. The van der Waals surface area contributed by atoms with E-state index in [1.54, 1.807) is 6.20 Å². The van der Waals surface area contributed by atoms with E-state index in [1.807, 2.05) is 47.9 Å². The number of nitrogens with one attached hydrogen (secondary N) is 1. The molecular weight excluding hydrogens is 360 g/mol. The average molecular weight is 378 g/mol. The standard InChI is InChI=1S/C19H18N6OS/c1-3-6-15-17(27-24-23-15)18(26)21-14-8-4-7-13(11-14)16-12(2)25-10-5-9-20-19(25)22-16/h4-5,7-11H,3,6H2,1-2H3,(H,21,26). The number of fused-ring (bicyclic) bond motifs is 1. The number of carbonyl (C=O) groups excluding carboxylic acids is 1. The Morgan fingerprint density at radius 2 is 2.19 bits per heavy atom. The van der Waals surface area contributed by atoms with Crippen molar-refractivity contribution in [2.75, 3.05) is 5.32 Å². The number of hydrogen-bond donors (Lipinski definition) is 1. The number of rotatable bonds is 5. The van der Waals surface area contributed by atoms with Crippen LogP contribution in [0.2, 0.25) is 0 Å². The average Bonchev–Trinajstić information content (AvgIpc) is 3.27. The second-order valence-electron chi connectivity index (χ2n) is 6.17. The van der Waals surface area contributed by atoms with Crippen molar-refractivity contribution in [3.05, 3.63) is 59.0 Å². The van der Waals surface area contributed by atoms with Gasteiger partial charge in [0, 0.05) is 29.3 Å². The van der Waals surface area contributed by atoms with Gasteiger partial charge in [0.15, 0.2) is 0 Å². The molecule has 1 aromatic carbocycles. The van der Waals surface area contributed by atoms with Crippen LogP contribution in [0.25, 0.3) is 17.0 Å². The molecule has 136 valence electrons. The predicted molar refractivity (Wildman–Crippen MR) is 105 cm³/mol. The van der Waals surface area contributed by atoms with E-state index in [4.69, 9.17) is 0 Å². The lowest BCUT2D eigenvalue weighted by molar-refractivity contribution is 0.102. The van der Waals surface area contributed by atoms with E-state index in [0.29, 0.717) is 16.3 Å². The van der Waals surface area contributed by atoms with Crippen LogP contribution in [0.1, 0.15) is 34.4 Å². The molecule has 0 fully saturated rings. The molecule has 0 atom stereocenters. The van der Waals surface area contributed by atoms with E-state index in [2.05, 4.69) is 31.8 Å². The molecule has 0 spiro atoms. The van der Waals surface area contributed by atoms with E-state index < -0.39 is 0 Å². The Hall–Kier alpha value is -3.13. The topological polar surface area (TPSA) is 85.1 Å². The molecule has 0 saturated heterocycles. The van der Waals surface area contributed by atoms with Gasteiger partial charge >= 0.3 is 0 Å². The van der Waals surface area contributed by atoms with E-state index in [1.165, 1.54) is 0 Å². The van der Waals surface area contributed by atoms with Crippen molar-refractivity contribution < 1.29 is 4.79 Å². The van der Waals surface area contributed by atoms with Crippen LogP contribution in [0.4, 0.5) is 5.69 Å². The summed E-state index contributed by atoms with van der Waals surface area (Å²) in [4.78, 5) is 22.1. The van der Waals surface area contributed by atoms with Crippen molar-refractivity contribution in [2.45, 2.75) is 26.7 Å². The second-order valence-corrected chi connectivity index (χ2v) is 6.92. The molecule has 27 heavy (non-hydrogen) atoms. The van der Waals surface area contributed by atoms with Gasteiger partial charge in [-0.15, -0.1) is 5.10 Å². The van der Waals surface area contributed by atoms with Crippen LogP contribution in [0.15, 0.2) is 42.7 Å². The van der Waals surface area contributed by atoms with E-state index in [0.717, 1.165) is 47.0 Å². The minimum absolute atomic E-state index is 0.181. The Morgan fingerprint density at radius 3 is 3.00 bits per heavy atom. The normalized spacial score (nSPS) is 11.0. The summed E-state index contributed by atoms with van der Waals surface area (Å²) in [6.45, 7) is 4.05. The summed E-state index contributed by atoms with van der Waals surface area (Å²) in [5.74, 6) is 0.471. The minimum atomic E-state index is -0.181. The highest BCUT2D eigenvalue weighted by atomic mass is 32.1. The van der Waals surface area contributed by atoms with E-state index in [-0.39, 0.29) is 5.91 Å². The van der Waals surface area contributed by atoms with Crippen LogP contribution in [0.3, 0.4) is 0 Å². The molecule has 0 radical (unpaired) electrons. The van der Waals surface area contributed by atoms with Gasteiger partial charge in [-0.1, -0.05) is 30.0 Å². The van der Waals surface area contributed by atoms with Gasteiger partial charge in [-0.2, -0.15) is 0 Å². The monoisotopic (exact) mass is 378 g/mol. The number of anilines is 1. The fraction of sp³-hybridized carbons (Fsp3) is 0.211. The molecular formula is C19H18N6OS. The number of nitrogens with zero attached hydrogens (tertiary/aromatic N) is 5. The fourth-order valence-corrected chi connectivity index (χ4v) is 3.59. The van der Waals surface area contributed by atoms with Crippen LogP contribution in [-0.4, -0.2) is 29.9 Å². The first-order valence-electron chi connectivity index (χ1n) is 8.70. The van der Waals surface area contributed by atoms with Gasteiger partial charge in [0.2, 0.25) is 5.78 Å². The summed E-state index contributed by atoms with van der Waals surface area (Å²) in [7, 11) is 0. The Kier molecular flexibility index (Phi) is 4.64. The van der Waals surface area contributed by atoms with Crippen LogP contribution < -0.4 is 5.32 Å². The molecule has 0 aliphatic heterocycles. The first-order valence-corrected chi connectivity index (χ1v) is 9.47. The summed E-state index contributed by atoms with van der Waals surface area (Å²) in [5, 5.41) is 7.01. The lowest BCUT2D eigenvalue weighted by Crippen LogP contribution is -2.12. The maximum absolute atomic E-state index is 12.6. The Labute approximate surface area is 160 Å². The SMILES string of the molecule is CCCc1nnsc1C(=O)Nc1cccc(-c2nc3ncccn3c2C)c1. The molecule has 0 aliphatic rings. The largest absolute Gasteiger partial charge is 0.321 e. The van der Waals surface area contributed by atoms with Gasteiger partial charge in [0.05, 0.1) is 11.4 Å². The lowest BCUT2D eigenvalue weighted by atomic mass is 10.1. The van der Waals surface area contributed by atoms with Gasteiger partial charge < -0.3 is 5.32 Å². The first kappa shape index (κ1) is 17.3. The Balaban J connectivity index is 1.63. The molecule has 3 heterocycles. The molecule has 0 aliphatic carbocycles. The van der Waals surface area contributed by atoms with Gasteiger partial charge in [-0.05, 0) is 43.1 Å². The zero-order valence-corrected chi connectivity index (χ0v) is 15.8. The Bertz CT molecular complexity index is 1120. The highest BCUT2D eigenvalue weighted by molar-refractivity contribution is 7.08. The van der Waals surface area contributed by atoms with Crippen LogP contribution in [0.5, 0.6) is 0 Å². The number of aromatic nitrogens is 5. The molecule has 0 unspecified atom stereocenters. The minimum Gasteiger partial charge on any atom is -0.321 e. The fourth-order valence-electron chi connectivity index (χ4n) is 2.99. The van der Waals surface area contributed by atoms with Crippen molar-refractivity contribution >= 4 is 28.9 Å². The van der Waals surface area contributed by atoms with Crippen LogP contribution in [-0.2, 0) is 6.42 Å². The number of imidazole rings is 1. The van der Waals surface area contributed by atoms with Gasteiger partial charge in [0.25, 0.3) is 5.91 Å². The molecule has 7 nitrogen and oxygen atoms in total. The smallest absolute Gasteiger partial charge is 0.269 e. The van der Waals surface area contributed by atoms with Crippen LogP contribution >= 0.6 is 11.5 Å². The first-order chi connectivity index (χ1) is 13.2. The van der Waals surface area contributed by atoms with Crippen molar-refractivity contribution in [1.29, 1.82) is 0 Å². The van der Waals surface area contributed by atoms with E-state index in [9.17, 15) is 4.79 Å². The third-order valence-electron chi connectivity index (χ3n) is 4.29. The number of benzene rings is 1. The van der Waals surface area contributed by atoms with Gasteiger partial charge in [-0.25, -0.2) is 9.97 Å². The summed E-state index contributed by atoms with van der Waals surface area (Å²) in [5.41, 5.74) is 4.22. The lowest BCUT2D eigenvalue weighted by Gasteiger charge is -2.07. The number of aryl methyl sites for hydroxylation is 2. The zero-order chi connectivity index (χ0) is 18.8. The van der Waals surface area contributed by atoms with Gasteiger partial charge in [0.1, 0.15) is 4.88 Å². The quantitative estimate of drug-likeness (QED) is 0.571. The van der Waals surface area contributed by atoms with Crippen molar-refractivity contribution in [1.82, 2.24) is 24.0 Å². The van der Waals surface area contributed by atoms with Crippen molar-refractivity contribution in [2.24, 2.45) is 0 Å². The summed E-state index contributed by atoms with van der Waals surface area (Å²) in [6.07, 6.45) is 5.32. The van der Waals surface area contributed by atoms with Crippen molar-refractivity contribution in [3.63, 3.8) is 0 Å². The predicted octanol–water partition coefficient (Wildman–Crippen LogP) is 3.76. The highest BCUT2D eigenvalue weighted by Gasteiger charge is 2.17. The maximum Gasteiger partial charge on any atom is 0.269 e. The number of amides is 1. The summed E-state index contributed by atoms with van der Waals surface area (Å²) >= 11 is 1.13. The molecule has 4 rings (SSSR count). The molecule has 0 saturated carbocycles. The third kappa shape index (κ3) is 3.31. The molecule has 0 bridgehead atoms. The molecule has 1 amide bonds. The molecule has 1 N–H and O–H groups in total. The summed E-state index contributed by atoms with van der Waals surface area (Å²) in [6, 6.07) is 9.53. The summed E-state index contributed by atoms with van der Waals surface area (Å²) < 4.78 is 5.86. The van der Waals surface area contributed by atoms with E-state index >= 15 is 0 Å². The van der Waals surface area contributed by atoms with Crippen molar-refractivity contribution in [3.8, 4) is 11.3 Å².